The topological polar surface area (TPSA) is 122 Å². The molecule has 0 spiro atoms. The molecule has 5 N–H and O–H groups in total. The summed E-state index contributed by atoms with van der Waals surface area (Å²) in [6, 6.07) is 21.2. The van der Waals surface area contributed by atoms with Gasteiger partial charge >= 0.3 is 12.1 Å². The standard InChI is InChI=1S/C30H47N3O2Si.C2HF3O2/c1-6-8-20-32-27(34)19-21-36(25-15-11-9-12-16-25,26-17-13-10-14-18-26)28(22-23(3)4)33-30(35)29(31)24(5)7-2;3-2(4,5)1(6)7/h9-18,23-24,28-29H,6-8,19-22,31H2,1-5H3,(H,32,34)(H,33,35);(H,6,7)/t24-,28+,29-;/m0./s1. The van der Waals surface area contributed by atoms with Crippen molar-refractivity contribution < 1.29 is 32.7 Å². The number of rotatable bonds is 15. The van der Waals surface area contributed by atoms with Gasteiger partial charge < -0.3 is 21.5 Å². The van der Waals surface area contributed by atoms with E-state index in [4.69, 9.17) is 15.6 Å². The van der Waals surface area contributed by atoms with E-state index in [0.29, 0.717) is 18.9 Å². The highest BCUT2D eigenvalue weighted by Gasteiger charge is 2.46. The summed E-state index contributed by atoms with van der Waals surface area (Å²) in [6.45, 7) is 11.3. The number of alkyl halides is 3. The summed E-state index contributed by atoms with van der Waals surface area (Å²) >= 11 is 0. The number of carboxylic acid groups (broad SMARTS) is 1. The van der Waals surface area contributed by atoms with Gasteiger partial charge in [-0.05, 0) is 30.7 Å². The number of amides is 2. The maximum absolute atomic E-state index is 13.5. The molecule has 0 bridgehead atoms. The van der Waals surface area contributed by atoms with Gasteiger partial charge in [-0.2, -0.15) is 13.2 Å². The van der Waals surface area contributed by atoms with E-state index in [1.807, 2.05) is 19.1 Å². The van der Waals surface area contributed by atoms with Crippen molar-refractivity contribution in [2.75, 3.05) is 6.54 Å². The molecule has 7 nitrogen and oxygen atoms in total. The predicted molar refractivity (Wildman–Crippen MR) is 168 cm³/mol. The molecule has 0 radical (unpaired) electrons. The van der Waals surface area contributed by atoms with E-state index in [2.05, 4.69) is 86.9 Å². The zero-order valence-electron chi connectivity index (χ0n) is 25.9. The van der Waals surface area contributed by atoms with Crippen molar-refractivity contribution in [2.45, 2.75) is 90.7 Å². The van der Waals surface area contributed by atoms with Crippen LogP contribution in [0.3, 0.4) is 0 Å². The summed E-state index contributed by atoms with van der Waals surface area (Å²) in [5, 5.41) is 16.1. The van der Waals surface area contributed by atoms with Crippen LogP contribution in [0.15, 0.2) is 60.7 Å². The second-order valence-corrected chi connectivity index (χ2v) is 15.6. The molecule has 2 rings (SSSR count). The van der Waals surface area contributed by atoms with Crippen LogP contribution in [-0.4, -0.2) is 55.4 Å². The van der Waals surface area contributed by atoms with Crippen molar-refractivity contribution in [3.05, 3.63) is 60.7 Å². The van der Waals surface area contributed by atoms with Crippen LogP contribution in [0.4, 0.5) is 13.2 Å². The second-order valence-electron chi connectivity index (χ2n) is 11.3. The summed E-state index contributed by atoms with van der Waals surface area (Å²) in [7, 11) is -2.65. The summed E-state index contributed by atoms with van der Waals surface area (Å²) < 4.78 is 31.7. The molecule has 3 atom stereocenters. The van der Waals surface area contributed by atoms with Gasteiger partial charge in [-0.15, -0.1) is 0 Å². The highest BCUT2D eigenvalue weighted by molar-refractivity contribution is 7.03. The molecule has 43 heavy (non-hydrogen) atoms. The molecule has 240 valence electrons. The molecule has 2 aromatic rings. The first kappa shape index (κ1) is 37.8. The normalized spacial score (nSPS) is 13.7. The minimum absolute atomic E-state index is 0.0816. The number of carboxylic acids is 1. The third-order valence-corrected chi connectivity index (χ3v) is 12.9. The van der Waals surface area contributed by atoms with Crippen molar-refractivity contribution in [3.63, 3.8) is 0 Å². The van der Waals surface area contributed by atoms with Gasteiger partial charge in [0.25, 0.3) is 0 Å². The minimum Gasteiger partial charge on any atom is -0.475 e. The van der Waals surface area contributed by atoms with E-state index in [0.717, 1.165) is 31.7 Å². The minimum atomic E-state index is -5.08. The number of halogens is 3. The lowest BCUT2D eigenvalue weighted by Gasteiger charge is -2.42. The molecule has 0 aliphatic rings. The van der Waals surface area contributed by atoms with E-state index < -0.39 is 26.3 Å². The van der Waals surface area contributed by atoms with Gasteiger partial charge in [0.2, 0.25) is 11.8 Å². The third-order valence-electron chi connectivity index (χ3n) is 7.60. The molecule has 0 unspecified atom stereocenters. The van der Waals surface area contributed by atoms with E-state index in [1.54, 1.807) is 0 Å². The fourth-order valence-electron chi connectivity index (χ4n) is 4.94. The first-order chi connectivity index (χ1) is 20.2. The van der Waals surface area contributed by atoms with Crippen molar-refractivity contribution in [3.8, 4) is 0 Å². The van der Waals surface area contributed by atoms with E-state index in [9.17, 15) is 22.8 Å². The zero-order chi connectivity index (χ0) is 32.6. The van der Waals surface area contributed by atoms with Gasteiger partial charge in [0.1, 0.15) is 8.07 Å². The number of nitrogens with one attached hydrogen (secondary N) is 2. The first-order valence-corrected chi connectivity index (χ1v) is 17.2. The average Bonchev–Trinajstić information content (AvgIpc) is 2.97. The van der Waals surface area contributed by atoms with Gasteiger partial charge in [0, 0.05) is 18.6 Å². The Kier molecular flexibility index (Phi) is 16.3. The van der Waals surface area contributed by atoms with Crippen LogP contribution in [-0.2, 0) is 14.4 Å². The number of carbonyl (C=O) groups excluding carboxylic acids is 2. The molecular weight excluding hydrogens is 575 g/mol. The van der Waals surface area contributed by atoms with Crippen molar-refractivity contribution in [1.29, 1.82) is 0 Å². The van der Waals surface area contributed by atoms with Gasteiger partial charge in [0.15, 0.2) is 0 Å². The van der Waals surface area contributed by atoms with Gasteiger partial charge in [-0.25, -0.2) is 4.79 Å². The molecule has 2 amide bonds. The maximum Gasteiger partial charge on any atom is 0.490 e. The van der Waals surface area contributed by atoms with Crippen LogP contribution < -0.4 is 26.7 Å². The monoisotopic (exact) mass is 623 g/mol. The first-order valence-electron chi connectivity index (χ1n) is 14.9. The highest BCUT2D eigenvalue weighted by atomic mass is 28.3. The molecule has 0 heterocycles. The van der Waals surface area contributed by atoms with E-state index >= 15 is 0 Å². The smallest absolute Gasteiger partial charge is 0.475 e. The fraction of sp³-hybridized carbons (Fsp3) is 0.531. The molecule has 0 aliphatic carbocycles. The van der Waals surface area contributed by atoms with Crippen molar-refractivity contribution in [1.82, 2.24) is 10.6 Å². The lowest BCUT2D eigenvalue weighted by Crippen LogP contribution is -2.72. The maximum atomic E-state index is 13.5. The zero-order valence-corrected chi connectivity index (χ0v) is 26.9. The van der Waals surface area contributed by atoms with Crippen LogP contribution in [0.5, 0.6) is 0 Å². The van der Waals surface area contributed by atoms with Gasteiger partial charge in [-0.1, -0.05) is 118 Å². The fourth-order valence-corrected chi connectivity index (χ4v) is 10.5. The summed E-state index contributed by atoms with van der Waals surface area (Å²) in [5.41, 5.74) is 6.31. The van der Waals surface area contributed by atoms with E-state index in [-0.39, 0.29) is 23.4 Å². The predicted octanol–water partition coefficient (Wildman–Crippen LogP) is 4.63. The van der Waals surface area contributed by atoms with Crippen molar-refractivity contribution >= 4 is 36.2 Å². The number of nitrogens with two attached hydrogens (primary N) is 1. The van der Waals surface area contributed by atoms with Gasteiger partial charge in [0.05, 0.1) is 6.04 Å². The average molecular weight is 624 g/mol. The molecule has 11 heteroatoms. The van der Waals surface area contributed by atoms with Crippen LogP contribution in [0.1, 0.15) is 66.7 Å². The van der Waals surface area contributed by atoms with Crippen molar-refractivity contribution in [2.24, 2.45) is 17.6 Å². The highest BCUT2D eigenvalue weighted by Crippen LogP contribution is 2.24. The van der Waals surface area contributed by atoms with E-state index in [1.165, 1.54) is 10.4 Å². The lowest BCUT2D eigenvalue weighted by molar-refractivity contribution is -0.192. The molecule has 0 fully saturated rings. The van der Waals surface area contributed by atoms with Gasteiger partial charge in [-0.3, -0.25) is 9.59 Å². The quantitative estimate of drug-likeness (QED) is 0.170. The summed E-state index contributed by atoms with van der Waals surface area (Å²) in [4.78, 5) is 35.3. The molecule has 0 aliphatic heterocycles. The molecule has 0 saturated heterocycles. The summed E-state index contributed by atoms with van der Waals surface area (Å²) in [6.07, 6.45) is -0.952. The number of hydrogen-bond donors (Lipinski definition) is 4. The Bertz CT molecular complexity index is 1080. The Morgan fingerprint density at radius 1 is 0.930 bits per heavy atom. The number of unbranched alkanes of at least 4 members (excludes halogenated alkanes) is 1. The van der Waals surface area contributed by atoms with Crippen LogP contribution in [0.25, 0.3) is 0 Å². The largest absolute Gasteiger partial charge is 0.490 e. The Balaban J connectivity index is 0.00000117. The SMILES string of the molecule is CCCCNC(=O)CC[Si](c1ccccc1)(c1ccccc1)[C@H](CC(C)C)NC(=O)[C@@H](N)[C@@H](C)CC.O=C(O)C(F)(F)F. The van der Waals surface area contributed by atoms with Crippen LogP contribution >= 0.6 is 0 Å². The molecular formula is C32H48F3N3O4Si. The molecule has 2 aromatic carbocycles. The third kappa shape index (κ3) is 12.1. The lowest BCUT2D eigenvalue weighted by atomic mass is 9.99. The Hall–Kier alpha value is -3.18. The number of carbonyl (C=O) groups is 3. The van der Waals surface area contributed by atoms with Crippen LogP contribution in [0, 0.1) is 11.8 Å². The molecule has 0 aromatic heterocycles. The Morgan fingerprint density at radius 3 is 1.81 bits per heavy atom. The molecule has 0 saturated carbocycles. The Morgan fingerprint density at radius 2 is 1.42 bits per heavy atom. The Labute approximate surface area is 254 Å². The second kappa shape index (κ2) is 18.5. The van der Waals surface area contributed by atoms with Crippen LogP contribution in [0.2, 0.25) is 6.04 Å². The number of hydrogen-bond acceptors (Lipinski definition) is 4. The number of aliphatic carboxylic acids is 1. The summed E-state index contributed by atoms with van der Waals surface area (Å²) in [5.74, 6) is -2.30. The number of benzene rings is 2.